The van der Waals surface area contributed by atoms with Gasteiger partial charge in [0.15, 0.2) is 5.58 Å². The molecule has 0 amide bonds. The van der Waals surface area contributed by atoms with Gasteiger partial charge in [0.1, 0.15) is 5.52 Å². The third kappa shape index (κ3) is 2.57. The van der Waals surface area contributed by atoms with E-state index in [1.807, 2.05) is 18.2 Å². The number of nitrogens with zero attached hydrogens (tertiary/aromatic N) is 2. The number of hydrogen-bond acceptors (Lipinski definition) is 5. The van der Waals surface area contributed by atoms with Crippen LogP contribution < -0.4 is 5.73 Å². The van der Waals surface area contributed by atoms with Gasteiger partial charge in [0.25, 0.3) is 0 Å². The van der Waals surface area contributed by atoms with Crippen LogP contribution in [0.1, 0.15) is 19.2 Å². The first kappa shape index (κ1) is 12.4. The summed E-state index contributed by atoms with van der Waals surface area (Å²) in [7, 11) is 0. The first-order valence-electron chi connectivity index (χ1n) is 6.73. The normalized spacial score (nSPS) is 21.0. The van der Waals surface area contributed by atoms with Crippen molar-refractivity contribution in [3.63, 3.8) is 0 Å². The third-order valence-corrected chi connectivity index (χ3v) is 3.62. The summed E-state index contributed by atoms with van der Waals surface area (Å²) in [6.07, 6.45) is 1.08. The average Bonchev–Trinajstić information content (AvgIpc) is 2.80. The van der Waals surface area contributed by atoms with E-state index in [1.165, 1.54) is 0 Å². The van der Waals surface area contributed by atoms with Gasteiger partial charge in [-0.25, -0.2) is 4.98 Å². The maximum absolute atomic E-state index is 5.77. The molecule has 0 spiro atoms. The molecule has 0 aliphatic carbocycles. The van der Waals surface area contributed by atoms with Gasteiger partial charge in [-0.05, 0) is 18.6 Å². The van der Waals surface area contributed by atoms with Gasteiger partial charge in [-0.2, -0.15) is 0 Å². The Bertz CT molecular complexity index is 567. The number of nitrogens with two attached hydrogens (primary N) is 1. The van der Waals surface area contributed by atoms with Gasteiger partial charge in [-0.3, -0.25) is 4.90 Å². The minimum atomic E-state index is 0.453. The minimum absolute atomic E-state index is 0.453. The largest absolute Gasteiger partial charge is 0.439 e. The SMILES string of the molecule is CCC1COCCN1Cc1nc2ccc(N)cc2o1. The Morgan fingerprint density at radius 3 is 3.21 bits per heavy atom. The monoisotopic (exact) mass is 261 g/mol. The molecule has 1 fully saturated rings. The van der Waals surface area contributed by atoms with Crippen LogP contribution in [0.4, 0.5) is 5.69 Å². The zero-order valence-electron chi connectivity index (χ0n) is 11.1. The second-order valence-corrected chi connectivity index (χ2v) is 4.94. The second-order valence-electron chi connectivity index (χ2n) is 4.94. The summed E-state index contributed by atoms with van der Waals surface area (Å²) >= 11 is 0. The Kier molecular flexibility index (Phi) is 3.40. The lowest BCUT2D eigenvalue weighted by Crippen LogP contribution is -2.44. The summed E-state index contributed by atoms with van der Waals surface area (Å²) in [5.41, 5.74) is 8.07. The fourth-order valence-electron chi connectivity index (χ4n) is 2.50. The molecule has 0 bridgehead atoms. The molecule has 2 N–H and O–H groups in total. The van der Waals surface area contributed by atoms with Crippen LogP contribution in [0.15, 0.2) is 22.6 Å². The molecule has 1 atom stereocenters. The maximum Gasteiger partial charge on any atom is 0.209 e. The molecule has 1 aliphatic heterocycles. The van der Waals surface area contributed by atoms with Crippen LogP contribution in [0.3, 0.4) is 0 Å². The number of anilines is 1. The van der Waals surface area contributed by atoms with E-state index in [4.69, 9.17) is 14.9 Å². The van der Waals surface area contributed by atoms with Crippen molar-refractivity contribution in [3.8, 4) is 0 Å². The smallest absolute Gasteiger partial charge is 0.209 e. The summed E-state index contributed by atoms with van der Waals surface area (Å²) in [6.45, 7) is 5.42. The van der Waals surface area contributed by atoms with E-state index < -0.39 is 0 Å². The number of oxazole rings is 1. The number of morpholine rings is 1. The van der Waals surface area contributed by atoms with E-state index in [-0.39, 0.29) is 0 Å². The predicted molar refractivity (Wildman–Crippen MR) is 73.7 cm³/mol. The molecule has 102 valence electrons. The number of benzene rings is 1. The summed E-state index contributed by atoms with van der Waals surface area (Å²) in [6, 6.07) is 6.02. The summed E-state index contributed by atoms with van der Waals surface area (Å²) < 4.78 is 11.3. The van der Waals surface area contributed by atoms with Crippen molar-refractivity contribution in [3.05, 3.63) is 24.1 Å². The van der Waals surface area contributed by atoms with E-state index in [0.717, 1.165) is 49.7 Å². The average molecular weight is 261 g/mol. The van der Waals surface area contributed by atoms with Crippen molar-refractivity contribution in [1.29, 1.82) is 0 Å². The van der Waals surface area contributed by atoms with Crippen molar-refractivity contribution in [2.24, 2.45) is 0 Å². The van der Waals surface area contributed by atoms with Crippen LogP contribution in [0.2, 0.25) is 0 Å². The number of aromatic nitrogens is 1. The highest BCUT2D eigenvalue weighted by molar-refractivity contribution is 5.76. The van der Waals surface area contributed by atoms with Crippen LogP contribution >= 0.6 is 0 Å². The molecular weight excluding hydrogens is 242 g/mol. The molecule has 0 saturated carbocycles. The molecule has 3 rings (SSSR count). The number of nitrogen functional groups attached to an aromatic ring is 1. The Morgan fingerprint density at radius 1 is 1.47 bits per heavy atom. The molecule has 1 aromatic carbocycles. The Morgan fingerprint density at radius 2 is 2.37 bits per heavy atom. The van der Waals surface area contributed by atoms with Gasteiger partial charge in [0, 0.05) is 24.3 Å². The molecule has 1 aliphatic rings. The van der Waals surface area contributed by atoms with Crippen molar-refractivity contribution in [1.82, 2.24) is 9.88 Å². The topological polar surface area (TPSA) is 64.5 Å². The molecule has 1 unspecified atom stereocenters. The van der Waals surface area contributed by atoms with Crippen LogP contribution in [-0.2, 0) is 11.3 Å². The quantitative estimate of drug-likeness (QED) is 0.856. The second kappa shape index (κ2) is 5.19. The number of fused-ring (bicyclic) bond motifs is 1. The van der Waals surface area contributed by atoms with E-state index >= 15 is 0 Å². The van der Waals surface area contributed by atoms with E-state index in [2.05, 4.69) is 16.8 Å². The number of hydrogen-bond donors (Lipinski definition) is 1. The summed E-state index contributed by atoms with van der Waals surface area (Å²) in [4.78, 5) is 6.88. The number of rotatable bonds is 3. The lowest BCUT2D eigenvalue weighted by molar-refractivity contribution is -0.0159. The summed E-state index contributed by atoms with van der Waals surface area (Å²) in [5.74, 6) is 0.751. The van der Waals surface area contributed by atoms with Gasteiger partial charge in [-0.1, -0.05) is 6.92 Å². The van der Waals surface area contributed by atoms with Crippen molar-refractivity contribution >= 4 is 16.8 Å². The molecular formula is C14H19N3O2. The molecule has 2 aromatic rings. The standard InChI is InChI=1S/C14H19N3O2/c1-2-11-9-18-6-5-17(11)8-14-16-12-4-3-10(15)7-13(12)19-14/h3-4,7,11H,2,5-6,8-9,15H2,1H3. The molecule has 5 heteroatoms. The van der Waals surface area contributed by atoms with Crippen LogP contribution in [0, 0.1) is 0 Å². The minimum Gasteiger partial charge on any atom is -0.439 e. The lowest BCUT2D eigenvalue weighted by atomic mass is 10.2. The van der Waals surface area contributed by atoms with Crippen molar-refractivity contribution < 1.29 is 9.15 Å². The predicted octanol–water partition coefficient (Wildman–Crippen LogP) is 2.02. The van der Waals surface area contributed by atoms with Crippen LogP contribution in [0.25, 0.3) is 11.1 Å². The molecule has 1 aromatic heterocycles. The first-order chi connectivity index (χ1) is 9.26. The molecule has 5 nitrogen and oxygen atoms in total. The van der Waals surface area contributed by atoms with E-state index in [0.29, 0.717) is 11.7 Å². The molecule has 1 saturated heterocycles. The van der Waals surface area contributed by atoms with E-state index in [9.17, 15) is 0 Å². The fraction of sp³-hybridized carbons (Fsp3) is 0.500. The summed E-state index contributed by atoms with van der Waals surface area (Å²) in [5, 5.41) is 0. The fourth-order valence-corrected chi connectivity index (χ4v) is 2.50. The zero-order valence-corrected chi connectivity index (χ0v) is 11.1. The maximum atomic E-state index is 5.77. The molecule has 2 heterocycles. The van der Waals surface area contributed by atoms with E-state index in [1.54, 1.807) is 0 Å². The lowest BCUT2D eigenvalue weighted by Gasteiger charge is -2.33. The third-order valence-electron chi connectivity index (χ3n) is 3.62. The Balaban J connectivity index is 1.80. The van der Waals surface area contributed by atoms with Gasteiger partial charge < -0.3 is 14.9 Å². The highest BCUT2D eigenvalue weighted by atomic mass is 16.5. The Labute approximate surface area is 112 Å². The highest BCUT2D eigenvalue weighted by Gasteiger charge is 2.23. The molecule has 0 radical (unpaired) electrons. The van der Waals surface area contributed by atoms with Gasteiger partial charge in [0.05, 0.1) is 19.8 Å². The Hall–Kier alpha value is -1.59. The van der Waals surface area contributed by atoms with Crippen molar-refractivity contribution in [2.45, 2.75) is 25.9 Å². The molecule has 19 heavy (non-hydrogen) atoms. The number of ether oxygens (including phenoxy) is 1. The van der Waals surface area contributed by atoms with Gasteiger partial charge >= 0.3 is 0 Å². The van der Waals surface area contributed by atoms with Crippen LogP contribution in [0.5, 0.6) is 0 Å². The van der Waals surface area contributed by atoms with Gasteiger partial charge in [-0.15, -0.1) is 0 Å². The van der Waals surface area contributed by atoms with Crippen LogP contribution in [-0.4, -0.2) is 35.7 Å². The zero-order chi connectivity index (χ0) is 13.2. The van der Waals surface area contributed by atoms with Crippen molar-refractivity contribution in [2.75, 3.05) is 25.5 Å². The first-order valence-corrected chi connectivity index (χ1v) is 6.73. The van der Waals surface area contributed by atoms with Gasteiger partial charge in [0.2, 0.25) is 5.89 Å². The highest BCUT2D eigenvalue weighted by Crippen LogP contribution is 2.21.